The minimum atomic E-state index is -0.0187. The normalized spacial score (nSPS) is 14.8. The van der Waals surface area contributed by atoms with E-state index in [-0.39, 0.29) is 5.91 Å². The first-order valence-corrected chi connectivity index (χ1v) is 8.61. The Kier molecular flexibility index (Phi) is 4.24. The molecule has 0 radical (unpaired) electrons. The maximum absolute atomic E-state index is 12.6. The molecule has 0 unspecified atom stereocenters. The summed E-state index contributed by atoms with van der Waals surface area (Å²) in [5.41, 5.74) is 2.33. The van der Waals surface area contributed by atoms with Crippen molar-refractivity contribution in [2.24, 2.45) is 0 Å². The second-order valence-corrected chi connectivity index (χ2v) is 6.38. The van der Waals surface area contributed by atoms with Gasteiger partial charge in [0.15, 0.2) is 0 Å². The molecule has 2 aromatic carbocycles. The number of benzene rings is 2. The number of fused-ring (bicyclic) bond motifs is 1. The monoisotopic (exact) mass is 352 g/mol. The number of piperazine rings is 1. The van der Waals surface area contributed by atoms with Crippen molar-refractivity contribution in [3.63, 3.8) is 0 Å². The number of para-hydroxylation sites is 2. The molecule has 1 fully saturated rings. The molecule has 126 valence electrons. The third kappa shape index (κ3) is 3.15. The van der Waals surface area contributed by atoms with Gasteiger partial charge in [-0.05, 0) is 24.3 Å². The minimum Gasteiger partial charge on any atom is -0.352 e. The molecule has 0 saturated carbocycles. The molecule has 0 N–H and O–H groups in total. The van der Waals surface area contributed by atoms with E-state index in [2.05, 4.69) is 14.9 Å². The first-order valence-electron chi connectivity index (χ1n) is 8.23. The van der Waals surface area contributed by atoms with Crippen LogP contribution in [0.2, 0.25) is 5.02 Å². The number of halogens is 1. The van der Waals surface area contributed by atoms with Gasteiger partial charge in [0.1, 0.15) is 5.82 Å². The fourth-order valence-electron chi connectivity index (χ4n) is 3.04. The molecule has 1 aromatic heterocycles. The lowest BCUT2D eigenvalue weighted by molar-refractivity contribution is 0.0746. The third-order valence-electron chi connectivity index (χ3n) is 4.43. The van der Waals surface area contributed by atoms with Crippen molar-refractivity contribution < 1.29 is 4.79 Å². The molecule has 1 aliphatic rings. The van der Waals surface area contributed by atoms with Crippen LogP contribution in [-0.4, -0.2) is 47.0 Å². The first-order chi connectivity index (χ1) is 12.2. The molecule has 25 heavy (non-hydrogen) atoms. The summed E-state index contributed by atoms with van der Waals surface area (Å²) in [7, 11) is 0. The van der Waals surface area contributed by atoms with Crippen LogP contribution in [0.3, 0.4) is 0 Å². The highest BCUT2D eigenvalue weighted by Crippen LogP contribution is 2.20. The van der Waals surface area contributed by atoms with E-state index in [1.807, 2.05) is 41.3 Å². The molecule has 0 aliphatic carbocycles. The highest BCUT2D eigenvalue weighted by molar-refractivity contribution is 6.33. The molecule has 5 nitrogen and oxygen atoms in total. The number of hydrogen-bond acceptors (Lipinski definition) is 4. The maximum atomic E-state index is 12.6. The Bertz CT molecular complexity index is 922. The molecule has 1 amide bonds. The van der Waals surface area contributed by atoms with Gasteiger partial charge < -0.3 is 9.80 Å². The van der Waals surface area contributed by atoms with E-state index in [9.17, 15) is 4.79 Å². The van der Waals surface area contributed by atoms with Crippen LogP contribution >= 0.6 is 11.6 Å². The number of hydrogen-bond donors (Lipinski definition) is 0. The molecule has 0 spiro atoms. The number of anilines is 1. The lowest BCUT2D eigenvalue weighted by atomic mass is 10.2. The standard InChI is InChI=1S/C19H17ClN4O/c20-15-6-2-1-5-14(15)19(25)24-11-9-23(10-12-24)18-13-21-16-7-3-4-8-17(16)22-18/h1-8,13H,9-12H2. The SMILES string of the molecule is O=C(c1ccccc1Cl)N1CCN(c2cnc3ccccc3n2)CC1. The van der Waals surface area contributed by atoms with Crippen molar-refractivity contribution in [2.75, 3.05) is 31.1 Å². The zero-order valence-corrected chi connectivity index (χ0v) is 14.4. The van der Waals surface area contributed by atoms with Crippen molar-refractivity contribution in [2.45, 2.75) is 0 Å². The molecular formula is C19H17ClN4O. The zero-order chi connectivity index (χ0) is 17.2. The van der Waals surface area contributed by atoms with E-state index in [0.717, 1.165) is 29.9 Å². The number of carbonyl (C=O) groups excluding carboxylic acids is 1. The third-order valence-corrected chi connectivity index (χ3v) is 4.76. The molecule has 3 aromatic rings. The molecule has 4 rings (SSSR count). The Labute approximate surface area is 150 Å². The van der Waals surface area contributed by atoms with Crippen LogP contribution in [0.1, 0.15) is 10.4 Å². The quantitative estimate of drug-likeness (QED) is 0.710. The Hall–Kier alpha value is -2.66. The average Bonchev–Trinajstić information content (AvgIpc) is 2.67. The summed E-state index contributed by atoms with van der Waals surface area (Å²) in [6.45, 7) is 2.73. The van der Waals surface area contributed by atoms with Gasteiger partial charge in [-0.15, -0.1) is 0 Å². The van der Waals surface area contributed by atoms with Gasteiger partial charge >= 0.3 is 0 Å². The number of nitrogens with zero attached hydrogens (tertiary/aromatic N) is 4. The van der Waals surface area contributed by atoms with Crippen molar-refractivity contribution >= 4 is 34.4 Å². The Morgan fingerprint density at radius 2 is 1.60 bits per heavy atom. The summed E-state index contributed by atoms with van der Waals surface area (Å²) in [6.07, 6.45) is 1.80. The van der Waals surface area contributed by atoms with Gasteiger partial charge in [-0.2, -0.15) is 0 Å². The van der Waals surface area contributed by atoms with Gasteiger partial charge in [-0.25, -0.2) is 4.98 Å². The van der Waals surface area contributed by atoms with E-state index in [1.165, 1.54) is 0 Å². The van der Waals surface area contributed by atoms with Crippen molar-refractivity contribution in [3.8, 4) is 0 Å². The van der Waals surface area contributed by atoms with Gasteiger partial charge in [0.2, 0.25) is 0 Å². The highest BCUT2D eigenvalue weighted by Gasteiger charge is 2.24. The van der Waals surface area contributed by atoms with Crippen LogP contribution in [0.4, 0.5) is 5.82 Å². The van der Waals surface area contributed by atoms with Gasteiger partial charge in [-0.1, -0.05) is 35.9 Å². The lowest BCUT2D eigenvalue weighted by Crippen LogP contribution is -2.49. The minimum absolute atomic E-state index is 0.0187. The molecular weight excluding hydrogens is 336 g/mol. The topological polar surface area (TPSA) is 49.3 Å². The largest absolute Gasteiger partial charge is 0.352 e. The molecule has 1 saturated heterocycles. The number of amides is 1. The predicted octanol–water partition coefficient (Wildman–Crippen LogP) is 3.25. The first kappa shape index (κ1) is 15.8. The average molecular weight is 353 g/mol. The summed E-state index contributed by atoms with van der Waals surface area (Å²) in [4.78, 5) is 25.8. The molecule has 1 aliphatic heterocycles. The zero-order valence-electron chi connectivity index (χ0n) is 13.6. The number of aromatic nitrogens is 2. The van der Waals surface area contributed by atoms with E-state index >= 15 is 0 Å². The van der Waals surface area contributed by atoms with Gasteiger partial charge in [0, 0.05) is 26.2 Å². The fourth-order valence-corrected chi connectivity index (χ4v) is 3.26. The smallest absolute Gasteiger partial charge is 0.255 e. The van der Waals surface area contributed by atoms with Gasteiger partial charge in [0.05, 0.1) is 27.8 Å². The van der Waals surface area contributed by atoms with Crippen LogP contribution in [-0.2, 0) is 0 Å². The summed E-state index contributed by atoms with van der Waals surface area (Å²) in [6, 6.07) is 15.0. The summed E-state index contributed by atoms with van der Waals surface area (Å²) < 4.78 is 0. The van der Waals surface area contributed by atoms with Crippen molar-refractivity contribution in [3.05, 3.63) is 65.3 Å². The highest BCUT2D eigenvalue weighted by atomic mass is 35.5. The molecule has 6 heteroatoms. The number of rotatable bonds is 2. The second-order valence-electron chi connectivity index (χ2n) is 5.98. The lowest BCUT2D eigenvalue weighted by Gasteiger charge is -2.35. The maximum Gasteiger partial charge on any atom is 0.255 e. The van der Waals surface area contributed by atoms with Crippen LogP contribution in [0.5, 0.6) is 0 Å². The van der Waals surface area contributed by atoms with E-state index < -0.39 is 0 Å². The molecule has 2 heterocycles. The predicted molar refractivity (Wildman–Crippen MR) is 99.1 cm³/mol. The van der Waals surface area contributed by atoms with E-state index in [1.54, 1.807) is 18.3 Å². The Balaban J connectivity index is 1.47. The van der Waals surface area contributed by atoms with Crippen LogP contribution < -0.4 is 4.90 Å². The van der Waals surface area contributed by atoms with Gasteiger partial charge in [0.25, 0.3) is 5.91 Å². The van der Waals surface area contributed by atoms with Crippen molar-refractivity contribution in [1.29, 1.82) is 0 Å². The van der Waals surface area contributed by atoms with E-state index in [0.29, 0.717) is 23.7 Å². The Morgan fingerprint density at radius 3 is 2.36 bits per heavy atom. The summed E-state index contributed by atoms with van der Waals surface area (Å²) >= 11 is 6.14. The fraction of sp³-hybridized carbons (Fsp3) is 0.211. The van der Waals surface area contributed by atoms with Gasteiger partial charge in [-0.3, -0.25) is 9.78 Å². The second kappa shape index (κ2) is 6.69. The summed E-state index contributed by atoms with van der Waals surface area (Å²) in [5.74, 6) is 0.832. The van der Waals surface area contributed by atoms with Crippen LogP contribution in [0.15, 0.2) is 54.7 Å². The molecule has 0 bridgehead atoms. The van der Waals surface area contributed by atoms with E-state index in [4.69, 9.17) is 11.6 Å². The Morgan fingerprint density at radius 1 is 0.920 bits per heavy atom. The van der Waals surface area contributed by atoms with Crippen LogP contribution in [0, 0.1) is 0 Å². The number of carbonyl (C=O) groups is 1. The summed E-state index contributed by atoms with van der Waals surface area (Å²) in [5, 5.41) is 0.496. The van der Waals surface area contributed by atoms with Crippen LogP contribution in [0.25, 0.3) is 11.0 Å². The van der Waals surface area contributed by atoms with Crippen molar-refractivity contribution in [1.82, 2.24) is 14.9 Å². The molecule has 0 atom stereocenters.